The number of carbonyl (C=O) groups is 3. The van der Waals surface area contributed by atoms with E-state index in [9.17, 15) is 14.4 Å². The Morgan fingerprint density at radius 3 is 1.50 bits per heavy atom. The van der Waals surface area contributed by atoms with E-state index in [2.05, 4.69) is 5.43 Å². The van der Waals surface area contributed by atoms with Gasteiger partial charge in [0.25, 0.3) is 0 Å². The van der Waals surface area contributed by atoms with Gasteiger partial charge in [0.1, 0.15) is 0 Å². The van der Waals surface area contributed by atoms with E-state index in [0.29, 0.717) is 0 Å². The number of hydrogen-bond donors (Lipinski definition) is 5. The Morgan fingerprint density at radius 2 is 1.28 bits per heavy atom. The summed E-state index contributed by atoms with van der Waals surface area (Å²) in [5, 5.41) is 26.1. The van der Waals surface area contributed by atoms with E-state index in [4.69, 9.17) is 21.1 Å². The Hall–Kier alpha value is -1.19. The SMILES string of the molecule is NCCN[N+](CC(=O)O)(CC(=O)O)CC(=O)O.[Fe]. The minimum absolute atomic E-state index is 0. The number of nitrogens with one attached hydrogen (secondary N) is 1. The molecule has 9 nitrogen and oxygen atoms in total. The monoisotopic (exact) mass is 306 g/mol. The molecule has 0 amide bonds. The molecule has 106 valence electrons. The van der Waals surface area contributed by atoms with Crippen molar-refractivity contribution in [2.75, 3.05) is 32.7 Å². The van der Waals surface area contributed by atoms with Gasteiger partial charge in [-0.3, -0.25) is 0 Å². The molecule has 0 aliphatic carbocycles. The normalized spacial score (nSPS) is 10.5. The van der Waals surface area contributed by atoms with Crippen molar-refractivity contribution in [3.63, 3.8) is 0 Å². The van der Waals surface area contributed by atoms with E-state index < -0.39 is 42.1 Å². The second-order valence-electron chi connectivity index (χ2n) is 3.50. The zero-order valence-corrected chi connectivity index (χ0v) is 10.6. The number of hydrogen-bond acceptors (Lipinski definition) is 5. The third kappa shape index (κ3) is 7.98. The fourth-order valence-corrected chi connectivity index (χ4v) is 1.41. The van der Waals surface area contributed by atoms with E-state index in [-0.39, 0.29) is 30.2 Å². The fraction of sp³-hybridized carbons (Fsp3) is 0.625. The van der Waals surface area contributed by atoms with Crippen LogP contribution in [0.4, 0.5) is 0 Å². The van der Waals surface area contributed by atoms with Crippen molar-refractivity contribution in [3.8, 4) is 0 Å². The van der Waals surface area contributed by atoms with Crippen LogP contribution in [0.5, 0.6) is 0 Å². The minimum atomic E-state index is -1.29. The molecule has 0 spiro atoms. The van der Waals surface area contributed by atoms with E-state index in [1.54, 1.807) is 0 Å². The topological polar surface area (TPSA) is 150 Å². The van der Waals surface area contributed by atoms with Gasteiger partial charge >= 0.3 is 17.9 Å². The van der Waals surface area contributed by atoms with Crippen LogP contribution in [-0.2, 0) is 31.5 Å². The molecule has 0 rings (SSSR count). The molecule has 0 aliphatic heterocycles. The summed E-state index contributed by atoms with van der Waals surface area (Å²) in [7, 11) is 0. The molecule has 0 aliphatic rings. The van der Waals surface area contributed by atoms with Crippen molar-refractivity contribution in [3.05, 3.63) is 0 Å². The number of aliphatic carboxylic acids is 3. The van der Waals surface area contributed by atoms with Crippen molar-refractivity contribution in [2.45, 2.75) is 0 Å². The van der Waals surface area contributed by atoms with Crippen molar-refractivity contribution in [1.82, 2.24) is 5.43 Å². The molecule has 18 heavy (non-hydrogen) atoms. The Bertz CT molecular complexity index is 270. The van der Waals surface area contributed by atoms with E-state index in [1.165, 1.54) is 0 Å². The largest absolute Gasteiger partial charge is 0.477 e. The molecule has 0 fully saturated rings. The molecule has 0 saturated carbocycles. The van der Waals surface area contributed by atoms with Gasteiger partial charge in [0.05, 0.1) is 6.54 Å². The molecule has 0 radical (unpaired) electrons. The van der Waals surface area contributed by atoms with Gasteiger partial charge in [-0.05, 0) is 0 Å². The summed E-state index contributed by atoms with van der Waals surface area (Å²) in [6, 6.07) is 0. The Labute approximate surface area is 114 Å². The van der Waals surface area contributed by atoms with Crippen molar-refractivity contribution >= 4 is 17.9 Å². The standard InChI is InChI=1S/C8H15N3O6.Fe/c9-1-2-10-11(3-6(12)13,4-7(14)15)5-8(16)17;/h10H,1-5,9H2,(H2-,12,13,14,15,16,17);/p+1. The molecule has 0 unspecified atom stereocenters. The second-order valence-corrected chi connectivity index (χ2v) is 3.50. The Balaban J connectivity index is 0. The van der Waals surface area contributed by atoms with Gasteiger partial charge in [-0.1, -0.05) is 0 Å². The van der Waals surface area contributed by atoms with Crippen molar-refractivity contribution in [1.29, 1.82) is 0 Å². The predicted octanol–water partition coefficient (Wildman–Crippen LogP) is -2.48. The number of carboxylic acids is 3. The maximum Gasteiger partial charge on any atom is 0.361 e. The summed E-state index contributed by atoms with van der Waals surface area (Å²) >= 11 is 0. The summed E-state index contributed by atoms with van der Waals surface area (Å²) in [6.45, 7) is -1.71. The average Bonchev–Trinajstić information content (AvgIpc) is 2.11. The van der Waals surface area contributed by atoms with Gasteiger partial charge in [-0.15, -0.1) is 0 Å². The van der Waals surface area contributed by atoms with Crippen LogP contribution in [0, 0.1) is 0 Å². The maximum absolute atomic E-state index is 10.7. The predicted molar refractivity (Wildman–Crippen MR) is 54.8 cm³/mol. The zero-order valence-electron chi connectivity index (χ0n) is 9.48. The zero-order chi connectivity index (χ0) is 13.5. The van der Waals surface area contributed by atoms with Crippen LogP contribution in [-0.4, -0.2) is 70.5 Å². The first-order valence-corrected chi connectivity index (χ1v) is 4.78. The molecule has 10 heteroatoms. The molecular weight excluding hydrogens is 290 g/mol. The van der Waals surface area contributed by atoms with E-state index >= 15 is 0 Å². The van der Waals surface area contributed by atoms with Crippen LogP contribution in [0.25, 0.3) is 0 Å². The van der Waals surface area contributed by atoms with Crippen LogP contribution in [0.1, 0.15) is 0 Å². The van der Waals surface area contributed by atoms with Gasteiger partial charge in [0.2, 0.25) is 0 Å². The summed E-state index contributed by atoms with van der Waals surface area (Å²) in [5.74, 6) is -3.88. The molecule has 6 N–H and O–H groups in total. The van der Waals surface area contributed by atoms with Crippen molar-refractivity contribution in [2.24, 2.45) is 5.73 Å². The van der Waals surface area contributed by atoms with Gasteiger partial charge in [0, 0.05) is 23.6 Å². The number of nitrogens with two attached hydrogens (primary N) is 1. The van der Waals surface area contributed by atoms with Crippen LogP contribution in [0.3, 0.4) is 0 Å². The summed E-state index contributed by atoms with van der Waals surface area (Å²) in [6.07, 6.45) is 0. The average molecular weight is 306 g/mol. The van der Waals surface area contributed by atoms with Crippen LogP contribution < -0.4 is 11.2 Å². The molecule has 0 bridgehead atoms. The van der Waals surface area contributed by atoms with Gasteiger partial charge in [-0.25, -0.2) is 19.0 Å². The molecule has 0 aromatic heterocycles. The maximum atomic E-state index is 10.7. The Morgan fingerprint density at radius 1 is 0.944 bits per heavy atom. The molecule has 0 atom stereocenters. The number of carboxylic acid groups (broad SMARTS) is 3. The Kier molecular flexibility index (Phi) is 9.40. The number of nitrogens with zero attached hydrogens (tertiary/aromatic N) is 1. The van der Waals surface area contributed by atoms with Crippen LogP contribution >= 0.6 is 0 Å². The van der Waals surface area contributed by atoms with Gasteiger partial charge < -0.3 is 21.1 Å². The molecular formula is C8H16FeN3O6+. The molecule has 0 aromatic rings. The molecule has 0 saturated heterocycles. The first-order valence-electron chi connectivity index (χ1n) is 4.78. The third-order valence-corrected chi connectivity index (χ3v) is 1.91. The fourth-order valence-electron chi connectivity index (χ4n) is 1.41. The van der Waals surface area contributed by atoms with Crippen LogP contribution in [0.2, 0.25) is 0 Å². The molecule has 0 aromatic carbocycles. The summed E-state index contributed by atoms with van der Waals surface area (Å²) in [5.41, 5.74) is 7.76. The summed E-state index contributed by atoms with van der Waals surface area (Å²) in [4.78, 5) is 32.0. The quantitative estimate of drug-likeness (QED) is 0.178. The van der Waals surface area contributed by atoms with Gasteiger partial charge in [0.15, 0.2) is 19.6 Å². The number of quaternary nitrogens is 1. The second kappa shape index (κ2) is 8.84. The first-order chi connectivity index (χ1) is 7.81. The smallest absolute Gasteiger partial charge is 0.361 e. The molecule has 0 heterocycles. The summed E-state index contributed by atoms with van der Waals surface area (Å²) < 4.78 is -0.781. The van der Waals surface area contributed by atoms with Gasteiger partial charge in [-0.2, -0.15) is 5.43 Å². The van der Waals surface area contributed by atoms with E-state index in [0.717, 1.165) is 0 Å². The first kappa shape index (κ1) is 19.2. The third-order valence-electron chi connectivity index (χ3n) is 1.91. The number of rotatable bonds is 9. The minimum Gasteiger partial charge on any atom is -0.477 e. The van der Waals surface area contributed by atoms with E-state index in [1.807, 2.05) is 0 Å². The van der Waals surface area contributed by atoms with Crippen LogP contribution in [0.15, 0.2) is 0 Å². The van der Waals surface area contributed by atoms with Crippen molar-refractivity contribution < 1.29 is 51.4 Å².